The van der Waals surface area contributed by atoms with Crippen molar-refractivity contribution in [3.8, 4) is 11.5 Å². The zero-order valence-corrected chi connectivity index (χ0v) is 10.8. The molecule has 3 rings (SSSR count). The molecule has 1 aliphatic heterocycles. The predicted octanol–water partition coefficient (Wildman–Crippen LogP) is 2.26. The van der Waals surface area contributed by atoms with Gasteiger partial charge in [0.2, 0.25) is 6.79 Å². The van der Waals surface area contributed by atoms with Gasteiger partial charge in [0.05, 0.1) is 12.5 Å². The van der Waals surface area contributed by atoms with Crippen molar-refractivity contribution in [2.75, 3.05) is 13.9 Å². The van der Waals surface area contributed by atoms with E-state index in [-0.39, 0.29) is 18.2 Å². The van der Waals surface area contributed by atoms with E-state index < -0.39 is 5.41 Å². The van der Waals surface area contributed by atoms with Gasteiger partial charge in [0.15, 0.2) is 11.5 Å². The normalized spacial score (nSPS) is 26.8. The van der Waals surface area contributed by atoms with Gasteiger partial charge in [0.25, 0.3) is 0 Å². The van der Waals surface area contributed by atoms with E-state index >= 15 is 0 Å². The Morgan fingerprint density at radius 3 is 2.56 bits per heavy atom. The number of ether oxygens (including phenoxy) is 3. The molecule has 0 bridgehead atoms. The van der Waals surface area contributed by atoms with Gasteiger partial charge < -0.3 is 14.2 Å². The third kappa shape index (κ3) is 1.29. The van der Waals surface area contributed by atoms with Crippen molar-refractivity contribution in [1.82, 2.24) is 0 Å². The molecule has 0 saturated heterocycles. The maximum atomic E-state index is 12.1. The van der Waals surface area contributed by atoms with Crippen LogP contribution >= 0.6 is 0 Å². The van der Waals surface area contributed by atoms with Gasteiger partial charge in [-0.1, -0.05) is 19.9 Å². The summed E-state index contributed by atoms with van der Waals surface area (Å²) in [4.78, 5) is 12.1. The fourth-order valence-electron chi connectivity index (χ4n) is 2.91. The zero-order chi connectivity index (χ0) is 13.0. The second-order valence-electron chi connectivity index (χ2n) is 5.53. The van der Waals surface area contributed by atoms with Crippen molar-refractivity contribution in [3.63, 3.8) is 0 Å². The van der Waals surface area contributed by atoms with Gasteiger partial charge in [0, 0.05) is 0 Å². The van der Waals surface area contributed by atoms with Gasteiger partial charge in [-0.3, -0.25) is 4.79 Å². The van der Waals surface area contributed by atoms with Crippen LogP contribution in [0.5, 0.6) is 11.5 Å². The first-order chi connectivity index (χ1) is 8.51. The Morgan fingerprint density at radius 1 is 1.28 bits per heavy atom. The highest BCUT2D eigenvalue weighted by molar-refractivity contribution is 5.89. The van der Waals surface area contributed by atoms with Crippen molar-refractivity contribution in [2.24, 2.45) is 5.41 Å². The summed E-state index contributed by atoms with van der Waals surface area (Å²) < 4.78 is 15.6. The smallest absolute Gasteiger partial charge is 0.316 e. The minimum Gasteiger partial charge on any atom is -0.468 e. The van der Waals surface area contributed by atoms with Crippen LogP contribution in [-0.2, 0) is 14.9 Å². The van der Waals surface area contributed by atoms with Crippen LogP contribution in [0, 0.1) is 5.41 Å². The molecule has 0 amide bonds. The molecule has 1 fully saturated rings. The molecule has 1 unspecified atom stereocenters. The quantitative estimate of drug-likeness (QED) is 0.753. The highest BCUT2D eigenvalue weighted by Crippen LogP contribution is 2.65. The lowest BCUT2D eigenvalue weighted by molar-refractivity contribution is -0.144. The van der Waals surface area contributed by atoms with Crippen LogP contribution in [0.2, 0.25) is 0 Å². The van der Waals surface area contributed by atoms with E-state index in [9.17, 15) is 4.79 Å². The van der Waals surface area contributed by atoms with Crippen LogP contribution in [0.1, 0.15) is 25.8 Å². The Balaban J connectivity index is 2.05. The zero-order valence-electron chi connectivity index (χ0n) is 10.8. The second kappa shape index (κ2) is 3.40. The molecule has 18 heavy (non-hydrogen) atoms. The molecule has 96 valence electrons. The molecule has 1 heterocycles. The van der Waals surface area contributed by atoms with Gasteiger partial charge in [-0.15, -0.1) is 0 Å². The average molecular weight is 248 g/mol. The van der Waals surface area contributed by atoms with Crippen LogP contribution in [0.3, 0.4) is 0 Å². The molecule has 4 heteroatoms. The fourth-order valence-corrected chi connectivity index (χ4v) is 2.91. The van der Waals surface area contributed by atoms with E-state index in [0.29, 0.717) is 5.75 Å². The summed E-state index contributed by atoms with van der Waals surface area (Å²) in [6.07, 6.45) is 0.798. The first-order valence-corrected chi connectivity index (χ1v) is 6.00. The topological polar surface area (TPSA) is 44.8 Å². The maximum absolute atomic E-state index is 12.1. The van der Waals surface area contributed by atoms with E-state index in [2.05, 4.69) is 13.8 Å². The highest BCUT2D eigenvalue weighted by Gasteiger charge is 2.68. The van der Waals surface area contributed by atoms with Gasteiger partial charge in [-0.25, -0.2) is 0 Å². The molecule has 2 aliphatic rings. The number of esters is 1. The standard InChI is InChI=1S/C14H16O4/c1-13(2)7-14(13,12(15)16-3)9-4-5-10-11(6-9)18-8-17-10/h4-6H,7-8H2,1-3H3. The molecule has 4 nitrogen and oxygen atoms in total. The fraction of sp³-hybridized carbons (Fsp3) is 0.500. The summed E-state index contributed by atoms with van der Waals surface area (Å²) in [5.74, 6) is 1.27. The van der Waals surface area contributed by atoms with Crippen molar-refractivity contribution in [3.05, 3.63) is 23.8 Å². The Labute approximate surface area is 106 Å². The molecular formula is C14H16O4. The van der Waals surface area contributed by atoms with Crippen molar-refractivity contribution in [2.45, 2.75) is 25.7 Å². The monoisotopic (exact) mass is 248 g/mol. The minimum atomic E-state index is -0.539. The Hall–Kier alpha value is -1.71. The van der Waals surface area contributed by atoms with E-state index in [0.717, 1.165) is 17.7 Å². The van der Waals surface area contributed by atoms with Gasteiger partial charge in [-0.2, -0.15) is 0 Å². The highest BCUT2D eigenvalue weighted by atomic mass is 16.7. The van der Waals surface area contributed by atoms with Gasteiger partial charge >= 0.3 is 5.97 Å². The number of methoxy groups -OCH3 is 1. The third-order valence-corrected chi connectivity index (χ3v) is 4.14. The summed E-state index contributed by atoms with van der Waals surface area (Å²) in [6, 6.07) is 5.68. The number of fused-ring (bicyclic) bond motifs is 1. The lowest BCUT2D eigenvalue weighted by Crippen LogP contribution is -2.27. The van der Waals surface area contributed by atoms with Crippen molar-refractivity contribution >= 4 is 5.97 Å². The summed E-state index contributed by atoms with van der Waals surface area (Å²) in [6.45, 7) is 4.40. The second-order valence-corrected chi connectivity index (χ2v) is 5.53. The van der Waals surface area contributed by atoms with Crippen LogP contribution in [0.25, 0.3) is 0 Å². The number of benzene rings is 1. The number of carbonyl (C=O) groups is 1. The molecule has 0 radical (unpaired) electrons. The molecule has 1 saturated carbocycles. The molecular weight excluding hydrogens is 232 g/mol. The van der Waals surface area contributed by atoms with Crippen molar-refractivity contribution in [1.29, 1.82) is 0 Å². The maximum Gasteiger partial charge on any atom is 0.316 e. The number of hydrogen-bond acceptors (Lipinski definition) is 4. The minimum absolute atomic E-state index is 0.0756. The third-order valence-electron chi connectivity index (χ3n) is 4.14. The molecule has 1 aromatic rings. The van der Waals surface area contributed by atoms with Crippen LogP contribution in [0.15, 0.2) is 18.2 Å². The summed E-state index contributed by atoms with van der Waals surface area (Å²) in [5, 5.41) is 0. The van der Waals surface area contributed by atoms with Crippen LogP contribution < -0.4 is 9.47 Å². The first-order valence-electron chi connectivity index (χ1n) is 6.00. The molecule has 0 spiro atoms. The Morgan fingerprint density at radius 2 is 1.94 bits per heavy atom. The predicted molar refractivity (Wildman–Crippen MR) is 64.7 cm³/mol. The average Bonchev–Trinajstić information content (AvgIpc) is 2.75. The first kappa shape index (κ1) is 11.4. The molecule has 1 aliphatic carbocycles. The summed E-state index contributed by atoms with van der Waals surface area (Å²) in [5.41, 5.74) is 0.333. The van der Waals surface area contributed by atoms with E-state index in [1.54, 1.807) is 0 Å². The van der Waals surface area contributed by atoms with Crippen molar-refractivity contribution < 1.29 is 19.0 Å². The number of rotatable bonds is 2. The van der Waals surface area contributed by atoms with E-state index in [1.165, 1.54) is 7.11 Å². The van der Waals surface area contributed by atoms with Gasteiger partial charge in [-0.05, 0) is 29.5 Å². The van der Waals surface area contributed by atoms with Crippen LogP contribution in [-0.4, -0.2) is 19.9 Å². The SMILES string of the molecule is COC(=O)C1(c2ccc3c(c2)OCO3)CC1(C)C. The summed E-state index contributed by atoms with van der Waals surface area (Å²) >= 11 is 0. The molecule has 1 atom stereocenters. The summed E-state index contributed by atoms with van der Waals surface area (Å²) in [7, 11) is 1.44. The molecule has 0 aromatic heterocycles. The number of hydrogen-bond donors (Lipinski definition) is 0. The molecule has 1 aromatic carbocycles. The lowest BCUT2D eigenvalue weighted by atomic mass is 9.87. The number of carbonyl (C=O) groups excluding carboxylic acids is 1. The van der Waals surface area contributed by atoms with Gasteiger partial charge in [0.1, 0.15) is 0 Å². The largest absolute Gasteiger partial charge is 0.468 e. The van der Waals surface area contributed by atoms with Crippen LogP contribution in [0.4, 0.5) is 0 Å². The Kier molecular flexibility index (Phi) is 2.15. The lowest BCUT2D eigenvalue weighted by Gasteiger charge is -2.18. The Bertz CT molecular complexity index is 521. The molecule has 0 N–H and O–H groups in total. The van der Waals surface area contributed by atoms with E-state index in [4.69, 9.17) is 14.2 Å². The van der Waals surface area contributed by atoms with E-state index in [1.807, 2.05) is 18.2 Å².